The molecule has 41 heavy (non-hydrogen) atoms. The quantitative estimate of drug-likeness (QED) is 0.417. The molecule has 2 aliphatic heterocycles. The molecule has 0 bridgehead atoms. The molecule has 1 saturated heterocycles. The SMILES string of the molecule is [C-]#[N+][C@@H]1C[C@@]2(CN1C(=O)[C@H](CC(C)(C)C)N(CC(F)(F)F)C(=O)C(=O)Nc1ccccc1)C(=O)Nc1ccccc12. The second kappa shape index (κ2) is 10.9. The van der Waals surface area contributed by atoms with E-state index in [2.05, 4.69) is 15.5 Å². The first-order chi connectivity index (χ1) is 19.1. The van der Waals surface area contributed by atoms with Crippen LogP contribution >= 0.6 is 0 Å². The summed E-state index contributed by atoms with van der Waals surface area (Å²) in [5.41, 5.74) is -0.711. The molecule has 2 heterocycles. The van der Waals surface area contributed by atoms with Gasteiger partial charge in [-0.1, -0.05) is 57.2 Å². The van der Waals surface area contributed by atoms with Crippen LogP contribution in [0, 0.1) is 12.0 Å². The molecule has 0 radical (unpaired) electrons. The molecule has 0 saturated carbocycles. The zero-order chi connectivity index (χ0) is 30.2. The van der Waals surface area contributed by atoms with E-state index in [0.29, 0.717) is 11.3 Å². The third-order valence-electron chi connectivity index (χ3n) is 7.19. The average Bonchev–Trinajstić information content (AvgIpc) is 3.42. The van der Waals surface area contributed by atoms with Crippen LogP contribution in [0.2, 0.25) is 0 Å². The fourth-order valence-corrected chi connectivity index (χ4v) is 5.41. The molecule has 2 N–H and O–H groups in total. The number of halogens is 3. The normalized spacial score (nSPS) is 20.7. The molecule has 3 atom stereocenters. The van der Waals surface area contributed by atoms with Crippen molar-refractivity contribution in [3.05, 3.63) is 71.6 Å². The van der Waals surface area contributed by atoms with Crippen molar-refractivity contribution in [3.8, 4) is 0 Å². The Morgan fingerprint density at radius 1 is 1.12 bits per heavy atom. The van der Waals surface area contributed by atoms with Crippen molar-refractivity contribution in [2.45, 2.75) is 57.4 Å². The summed E-state index contributed by atoms with van der Waals surface area (Å²) in [5.74, 6) is -4.22. The number of nitrogens with one attached hydrogen (secondary N) is 2. The van der Waals surface area contributed by atoms with Crippen molar-refractivity contribution >= 4 is 35.0 Å². The van der Waals surface area contributed by atoms with Crippen LogP contribution < -0.4 is 10.6 Å². The van der Waals surface area contributed by atoms with Crippen LogP contribution in [0.15, 0.2) is 54.6 Å². The van der Waals surface area contributed by atoms with Gasteiger partial charge in [0.25, 0.3) is 5.91 Å². The fourth-order valence-electron chi connectivity index (χ4n) is 5.41. The summed E-state index contributed by atoms with van der Waals surface area (Å²) in [6, 6.07) is 12.8. The number of nitrogens with zero attached hydrogens (tertiary/aromatic N) is 3. The predicted octanol–water partition coefficient (Wildman–Crippen LogP) is 4.19. The minimum atomic E-state index is -4.94. The van der Waals surface area contributed by atoms with Crippen molar-refractivity contribution < 1.29 is 32.3 Å². The molecular weight excluding hydrogens is 539 g/mol. The second-order valence-electron chi connectivity index (χ2n) is 11.5. The molecule has 0 aromatic heterocycles. The summed E-state index contributed by atoms with van der Waals surface area (Å²) in [6.07, 6.45) is -6.39. The number of rotatable bonds is 5. The number of para-hydroxylation sites is 2. The lowest BCUT2D eigenvalue weighted by molar-refractivity contribution is -0.173. The van der Waals surface area contributed by atoms with Crippen molar-refractivity contribution in [2.75, 3.05) is 23.7 Å². The first-order valence-electron chi connectivity index (χ1n) is 13.0. The maximum absolute atomic E-state index is 14.1. The summed E-state index contributed by atoms with van der Waals surface area (Å²) in [5, 5.41) is 5.05. The van der Waals surface area contributed by atoms with Crippen LogP contribution in [0.4, 0.5) is 24.5 Å². The Bertz CT molecular complexity index is 1400. The number of alkyl halides is 3. The van der Waals surface area contributed by atoms with Crippen molar-refractivity contribution in [1.29, 1.82) is 0 Å². The number of hydrogen-bond acceptors (Lipinski definition) is 4. The highest BCUT2D eigenvalue weighted by molar-refractivity contribution is 6.40. The molecule has 9 nitrogen and oxygen atoms in total. The Kier molecular flexibility index (Phi) is 7.85. The van der Waals surface area contributed by atoms with Gasteiger partial charge in [-0.15, -0.1) is 0 Å². The van der Waals surface area contributed by atoms with Crippen LogP contribution in [0.5, 0.6) is 0 Å². The molecule has 2 aliphatic rings. The van der Waals surface area contributed by atoms with E-state index in [4.69, 9.17) is 6.57 Å². The predicted molar refractivity (Wildman–Crippen MR) is 144 cm³/mol. The summed E-state index contributed by atoms with van der Waals surface area (Å²) in [7, 11) is 0. The number of likely N-dealkylation sites (tertiary alicyclic amines) is 1. The van der Waals surface area contributed by atoms with E-state index in [0.717, 1.165) is 4.90 Å². The first-order valence-corrected chi connectivity index (χ1v) is 13.0. The lowest BCUT2D eigenvalue weighted by Crippen LogP contribution is -2.57. The van der Waals surface area contributed by atoms with E-state index in [9.17, 15) is 32.3 Å². The number of amides is 4. The largest absolute Gasteiger partial charge is 0.406 e. The van der Waals surface area contributed by atoms with Crippen LogP contribution in [0.1, 0.15) is 39.2 Å². The molecule has 0 unspecified atom stereocenters. The van der Waals surface area contributed by atoms with Gasteiger partial charge in [0, 0.05) is 17.9 Å². The van der Waals surface area contributed by atoms with Crippen LogP contribution in [0.25, 0.3) is 4.85 Å². The molecule has 12 heteroatoms. The van der Waals surface area contributed by atoms with Gasteiger partial charge in [0.15, 0.2) is 0 Å². The molecule has 4 amide bonds. The zero-order valence-electron chi connectivity index (χ0n) is 22.8. The van der Waals surface area contributed by atoms with Gasteiger partial charge in [0.2, 0.25) is 5.91 Å². The number of hydrogen-bond donors (Lipinski definition) is 2. The summed E-state index contributed by atoms with van der Waals surface area (Å²) >= 11 is 0. The number of carbonyl (C=O) groups is 4. The van der Waals surface area contributed by atoms with Gasteiger partial charge in [-0.3, -0.25) is 28.9 Å². The molecule has 2 aromatic carbocycles. The highest BCUT2D eigenvalue weighted by atomic mass is 19.4. The Morgan fingerprint density at radius 2 is 1.76 bits per heavy atom. The van der Waals surface area contributed by atoms with Crippen molar-refractivity contribution in [3.63, 3.8) is 0 Å². The van der Waals surface area contributed by atoms with Gasteiger partial charge in [0.1, 0.15) is 18.0 Å². The number of anilines is 2. The lowest BCUT2D eigenvalue weighted by Gasteiger charge is -2.36. The zero-order valence-corrected chi connectivity index (χ0v) is 22.8. The van der Waals surface area contributed by atoms with Gasteiger partial charge >= 0.3 is 24.2 Å². The third-order valence-corrected chi connectivity index (χ3v) is 7.19. The van der Waals surface area contributed by atoms with E-state index < -0.39 is 59.4 Å². The summed E-state index contributed by atoms with van der Waals surface area (Å²) in [4.78, 5) is 58.3. The maximum Gasteiger partial charge on any atom is 0.406 e. The molecule has 0 aliphatic carbocycles. The topological polar surface area (TPSA) is 103 Å². The highest BCUT2D eigenvalue weighted by Gasteiger charge is 2.59. The Morgan fingerprint density at radius 3 is 2.37 bits per heavy atom. The minimum absolute atomic E-state index is 0.0605. The fraction of sp³-hybridized carbons (Fsp3) is 0.414. The highest BCUT2D eigenvalue weighted by Crippen LogP contribution is 2.47. The number of benzene rings is 2. The maximum atomic E-state index is 14.1. The van der Waals surface area contributed by atoms with E-state index in [1.807, 2.05) is 0 Å². The van der Waals surface area contributed by atoms with Crippen molar-refractivity contribution in [1.82, 2.24) is 9.80 Å². The van der Waals surface area contributed by atoms with Gasteiger partial charge in [-0.25, -0.2) is 6.57 Å². The van der Waals surface area contributed by atoms with E-state index >= 15 is 0 Å². The van der Waals surface area contributed by atoms with Crippen LogP contribution in [0.3, 0.4) is 0 Å². The van der Waals surface area contributed by atoms with E-state index in [1.165, 1.54) is 12.1 Å². The van der Waals surface area contributed by atoms with Crippen molar-refractivity contribution in [2.24, 2.45) is 5.41 Å². The van der Waals surface area contributed by atoms with E-state index in [-0.39, 0.29) is 30.0 Å². The average molecular weight is 570 g/mol. The minimum Gasteiger partial charge on any atom is -0.325 e. The summed E-state index contributed by atoms with van der Waals surface area (Å²) < 4.78 is 41.5. The van der Waals surface area contributed by atoms with Crippen LogP contribution in [-0.4, -0.2) is 64.9 Å². The molecule has 216 valence electrons. The number of carbonyl (C=O) groups excluding carboxylic acids is 4. The lowest BCUT2D eigenvalue weighted by atomic mass is 9.80. The monoisotopic (exact) mass is 569 g/mol. The molecule has 1 fully saturated rings. The summed E-state index contributed by atoms with van der Waals surface area (Å²) in [6.45, 7) is 10.7. The number of fused-ring (bicyclic) bond motifs is 2. The molecule has 1 spiro atoms. The molecular formula is C29H30F3N5O4. The Labute approximate surface area is 235 Å². The molecule has 2 aromatic rings. The first kappa shape index (κ1) is 29.6. The molecule has 4 rings (SSSR count). The smallest absolute Gasteiger partial charge is 0.325 e. The van der Waals surface area contributed by atoms with Gasteiger partial charge < -0.3 is 15.5 Å². The van der Waals surface area contributed by atoms with E-state index in [1.54, 1.807) is 63.2 Å². The van der Waals surface area contributed by atoms with Gasteiger partial charge in [-0.05, 0) is 35.6 Å². The van der Waals surface area contributed by atoms with Crippen LogP contribution in [-0.2, 0) is 24.6 Å². The standard InChI is InChI=1S/C29H30F3N5O4/c1-27(2,3)14-21(36(17-29(30,31)32)25(40)23(38)34-18-10-6-5-7-11-18)24(39)37-16-28(15-22(37)33-4)19-12-8-9-13-20(19)35-26(28)41/h5-13,21-22H,14-17H2,1-3H3,(H,34,38)(H,35,41)/t21-,22-,28-/m0/s1. The Balaban J connectivity index is 1.72. The Hall–Kier alpha value is -4.40. The van der Waals surface area contributed by atoms with Gasteiger partial charge in [0.05, 0.1) is 6.42 Å². The van der Waals surface area contributed by atoms with Gasteiger partial charge in [-0.2, -0.15) is 13.2 Å². The third kappa shape index (κ3) is 6.19. The second-order valence-corrected chi connectivity index (χ2v) is 11.5.